The van der Waals surface area contributed by atoms with Gasteiger partial charge in [0, 0.05) is 11.1 Å². The quantitative estimate of drug-likeness (QED) is 0.497. The predicted octanol–water partition coefficient (Wildman–Crippen LogP) is 3.25. The van der Waals surface area contributed by atoms with E-state index in [0.717, 1.165) is 11.1 Å². The van der Waals surface area contributed by atoms with E-state index in [4.69, 9.17) is 9.47 Å². The number of ether oxygens (including phenoxy) is 2. The molecule has 7 nitrogen and oxygen atoms in total. The summed E-state index contributed by atoms with van der Waals surface area (Å²) in [6, 6.07) is 16.6. The third-order valence-electron chi connectivity index (χ3n) is 3.79. The second-order valence-electron chi connectivity index (χ2n) is 5.54. The summed E-state index contributed by atoms with van der Waals surface area (Å²) < 4.78 is 10.8. The monoisotopic (exact) mass is 364 g/mol. The van der Waals surface area contributed by atoms with Crippen LogP contribution < -0.4 is 14.9 Å². The van der Waals surface area contributed by atoms with E-state index in [0.29, 0.717) is 29.5 Å². The van der Waals surface area contributed by atoms with E-state index in [1.54, 1.807) is 19.4 Å². The van der Waals surface area contributed by atoms with E-state index in [1.807, 2.05) is 55.5 Å². The fraction of sp³-hybridized carbons (Fsp3) is 0.150. The minimum atomic E-state index is -0.395. The smallest absolute Gasteiger partial charge is 0.289 e. The maximum atomic E-state index is 12.3. The number of methoxy groups -OCH3 is 1. The van der Waals surface area contributed by atoms with Crippen LogP contribution in [0.5, 0.6) is 11.5 Å². The van der Waals surface area contributed by atoms with Crippen molar-refractivity contribution in [3.05, 3.63) is 65.9 Å². The average Bonchev–Trinajstić information content (AvgIpc) is 3.19. The molecule has 0 atom stereocenters. The number of aromatic nitrogens is 2. The first-order valence-corrected chi connectivity index (χ1v) is 8.47. The molecule has 0 radical (unpaired) electrons. The summed E-state index contributed by atoms with van der Waals surface area (Å²) in [6.45, 7) is 2.46. The van der Waals surface area contributed by atoms with E-state index in [-0.39, 0.29) is 0 Å². The Morgan fingerprint density at radius 2 is 1.93 bits per heavy atom. The highest BCUT2D eigenvalue weighted by Crippen LogP contribution is 2.28. The number of aromatic amines is 1. The van der Waals surface area contributed by atoms with Crippen molar-refractivity contribution in [3.8, 4) is 22.8 Å². The zero-order valence-corrected chi connectivity index (χ0v) is 15.1. The maximum absolute atomic E-state index is 12.3. The highest BCUT2D eigenvalue weighted by molar-refractivity contribution is 5.94. The summed E-state index contributed by atoms with van der Waals surface area (Å²) in [5.74, 6) is 0.994. The van der Waals surface area contributed by atoms with Crippen LogP contribution >= 0.6 is 0 Å². The van der Waals surface area contributed by atoms with Gasteiger partial charge in [0.2, 0.25) is 0 Å². The largest absolute Gasteiger partial charge is 0.496 e. The van der Waals surface area contributed by atoms with Gasteiger partial charge in [0.15, 0.2) is 0 Å². The van der Waals surface area contributed by atoms with Crippen LogP contribution in [0.2, 0.25) is 0 Å². The Morgan fingerprint density at radius 3 is 2.70 bits per heavy atom. The summed E-state index contributed by atoms with van der Waals surface area (Å²) in [5.41, 5.74) is 4.97. The molecule has 1 aromatic heterocycles. The Labute approximate surface area is 157 Å². The third-order valence-corrected chi connectivity index (χ3v) is 3.79. The van der Waals surface area contributed by atoms with Crippen molar-refractivity contribution >= 4 is 12.1 Å². The Morgan fingerprint density at radius 1 is 1.19 bits per heavy atom. The lowest BCUT2D eigenvalue weighted by Gasteiger charge is -2.05. The van der Waals surface area contributed by atoms with Gasteiger partial charge in [0.05, 0.1) is 25.6 Å². The van der Waals surface area contributed by atoms with Crippen LogP contribution in [0, 0.1) is 0 Å². The number of hydrazone groups is 1. The lowest BCUT2D eigenvalue weighted by molar-refractivity contribution is 0.0950. The maximum Gasteiger partial charge on any atom is 0.289 e. The van der Waals surface area contributed by atoms with E-state index < -0.39 is 5.91 Å². The van der Waals surface area contributed by atoms with Gasteiger partial charge >= 0.3 is 0 Å². The van der Waals surface area contributed by atoms with Crippen molar-refractivity contribution in [1.29, 1.82) is 0 Å². The summed E-state index contributed by atoms with van der Waals surface area (Å²) in [7, 11) is 1.59. The fourth-order valence-electron chi connectivity index (χ4n) is 2.53. The van der Waals surface area contributed by atoms with Gasteiger partial charge < -0.3 is 9.47 Å². The van der Waals surface area contributed by atoms with Gasteiger partial charge in [-0.3, -0.25) is 9.89 Å². The molecule has 0 aliphatic rings. The van der Waals surface area contributed by atoms with Gasteiger partial charge in [0.1, 0.15) is 17.2 Å². The molecule has 27 heavy (non-hydrogen) atoms. The Hall–Kier alpha value is -3.61. The Kier molecular flexibility index (Phi) is 5.84. The molecule has 1 amide bonds. The highest BCUT2D eigenvalue weighted by atomic mass is 16.5. The molecule has 3 aromatic rings. The molecule has 0 bridgehead atoms. The second-order valence-corrected chi connectivity index (χ2v) is 5.54. The van der Waals surface area contributed by atoms with Crippen LogP contribution in [0.1, 0.15) is 23.0 Å². The molecule has 0 unspecified atom stereocenters. The average molecular weight is 364 g/mol. The van der Waals surface area contributed by atoms with Crippen LogP contribution in [0.4, 0.5) is 0 Å². The topological polar surface area (TPSA) is 88.6 Å². The van der Waals surface area contributed by atoms with Crippen LogP contribution in [-0.4, -0.2) is 36.0 Å². The molecule has 0 aliphatic heterocycles. The van der Waals surface area contributed by atoms with Gasteiger partial charge in [-0.05, 0) is 37.3 Å². The van der Waals surface area contributed by atoms with Gasteiger partial charge in [0.25, 0.3) is 5.91 Å². The van der Waals surface area contributed by atoms with Crippen LogP contribution in [0.25, 0.3) is 11.3 Å². The number of nitrogens with zero attached hydrogens (tertiary/aromatic N) is 2. The molecule has 0 spiro atoms. The van der Waals surface area contributed by atoms with Crippen molar-refractivity contribution in [1.82, 2.24) is 15.6 Å². The molecular formula is C20H20N4O3. The van der Waals surface area contributed by atoms with Gasteiger partial charge in [-0.2, -0.15) is 10.2 Å². The number of rotatable bonds is 7. The molecular weight excluding hydrogens is 344 g/mol. The van der Waals surface area contributed by atoms with E-state index >= 15 is 0 Å². The van der Waals surface area contributed by atoms with E-state index in [2.05, 4.69) is 20.7 Å². The highest BCUT2D eigenvalue weighted by Gasteiger charge is 2.13. The molecule has 0 aliphatic carbocycles. The minimum absolute atomic E-state index is 0.297. The summed E-state index contributed by atoms with van der Waals surface area (Å²) >= 11 is 0. The Bertz CT molecular complexity index is 950. The zero-order chi connectivity index (χ0) is 19.1. The molecule has 7 heteroatoms. The molecule has 2 aromatic carbocycles. The van der Waals surface area contributed by atoms with Crippen LogP contribution in [0.15, 0.2) is 59.7 Å². The molecule has 138 valence electrons. The van der Waals surface area contributed by atoms with Crippen molar-refractivity contribution < 1.29 is 14.3 Å². The zero-order valence-electron chi connectivity index (χ0n) is 15.1. The number of para-hydroxylation sites is 2. The standard InChI is InChI=1S/C20H20N4O3/c1-3-27-18-10-6-4-8-14(18)13-21-24-20(25)17-12-16(22-23-17)15-9-5-7-11-19(15)26-2/h4-13H,3H2,1-2H3,(H,22,23)(H,24,25). The fourth-order valence-corrected chi connectivity index (χ4v) is 2.53. The SMILES string of the molecule is CCOc1ccccc1C=NNC(=O)c1cc(-c2ccccc2OC)n[nH]1. The lowest BCUT2D eigenvalue weighted by atomic mass is 10.1. The van der Waals surface area contributed by atoms with Crippen LogP contribution in [-0.2, 0) is 0 Å². The Balaban J connectivity index is 1.70. The van der Waals surface area contributed by atoms with Crippen molar-refractivity contribution in [2.75, 3.05) is 13.7 Å². The number of carbonyl (C=O) groups excluding carboxylic acids is 1. The number of H-pyrrole nitrogens is 1. The molecule has 0 fully saturated rings. The third kappa shape index (κ3) is 4.33. The number of benzene rings is 2. The van der Waals surface area contributed by atoms with Crippen molar-refractivity contribution in [2.45, 2.75) is 6.92 Å². The number of hydrogen-bond donors (Lipinski definition) is 2. The minimum Gasteiger partial charge on any atom is -0.496 e. The normalized spacial score (nSPS) is 10.7. The number of hydrogen-bond acceptors (Lipinski definition) is 5. The second kappa shape index (κ2) is 8.66. The number of amides is 1. The van der Waals surface area contributed by atoms with Crippen molar-refractivity contribution in [3.63, 3.8) is 0 Å². The van der Waals surface area contributed by atoms with Crippen molar-refractivity contribution in [2.24, 2.45) is 5.10 Å². The molecule has 0 saturated carbocycles. The first kappa shape index (κ1) is 18.2. The summed E-state index contributed by atoms with van der Waals surface area (Å²) in [6.07, 6.45) is 1.54. The first-order chi connectivity index (χ1) is 13.2. The molecule has 2 N–H and O–H groups in total. The van der Waals surface area contributed by atoms with Crippen LogP contribution in [0.3, 0.4) is 0 Å². The summed E-state index contributed by atoms with van der Waals surface area (Å²) in [5, 5.41) is 10.9. The van der Waals surface area contributed by atoms with Gasteiger partial charge in [-0.25, -0.2) is 5.43 Å². The molecule has 0 saturated heterocycles. The molecule has 3 rings (SSSR count). The van der Waals surface area contributed by atoms with Gasteiger partial charge in [-0.1, -0.05) is 24.3 Å². The van der Waals surface area contributed by atoms with Gasteiger partial charge in [-0.15, -0.1) is 0 Å². The predicted molar refractivity (Wildman–Crippen MR) is 103 cm³/mol. The number of carbonyl (C=O) groups is 1. The van der Waals surface area contributed by atoms with E-state index in [9.17, 15) is 4.79 Å². The molecule has 1 heterocycles. The first-order valence-electron chi connectivity index (χ1n) is 8.47. The lowest BCUT2D eigenvalue weighted by Crippen LogP contribution is -2.18. The summed E-state index contributed by atoms with van der Waals surface area (Å²) in [4.78, 5) is 12.3. The van der Waals surface area contributed by atoms with E-state index in [1.165, 1.54) is 0 Å². The number of nitrogens with one attached hydrogen (secondary N) is 2.